The summed E-state index contributed by atoms with van der Waals surface area (Å²) in [5.41, 5.74) is 0. The van der Waals surface area contributed by atoms with Gasteiger partial charge in [-0.05, 0) is 25.3 Å². The zero-order chi connectivity index (χ0) is 12.0. The molecular formula is C12H24N2O2. The number of carbonyl (C=O) groups excluding carboxylic acids is 1. The van der Waals surface area contributed by atoms with Gasteiger partial charge in [0.2, 0.25) is 0 Å². The zero-order valence-corrected chi connectivity index (χ0v) is 10.6. The molecule has 1 aliphatic rings. The van der Waals surface area contributed by atoms with Gasteiger partial charge in [-0.3, -0.25) is 4.79 Å². The van der Waals surface area contributed by atoms with Gasteiger partial charge in [0.1, 0.15) is 6.04 Å². The van der Waals surface area contributed by atoms with Crippen molar-refractivity contribution in [1.29, 1.82) is 0 Å². The van der Waals surface area contributed by atoms with Gasteiger partial charge in [0.05, 0.1) is 7.11 Å². The first-order valence-electron chi connectivity index (χ1n) is 6.19. The molecule has 0 saturated carbocycles. The second-order valence-electron chi connectivity index (χ2n) is 4.80. The Hall–Kier alpha value is -0.610. The van der Waals surface area contributed by atoms with E-state index in [1.807, 2.05) is 13.8 Å². The molecule has 0 aromatic carbocycles. The molecule has 0 aromatic rings. The zero-order valence-electron chi connectivity index (χ0n) is 10.6. The minimum absolute atomic E-state index is 0.161. The fraction of sp³-hybridized carbons (Fsp3) is 0.917. The van der Waals surface area contributed by atoms with Crippen LogP contribution in [0.4, 0.5) is 0 Å². The number of methoxy groups -OCH3 is 1. The van der Waals surface area contributed by atoms with E-state index in [1.54, 1.807) is 0 Å². The van der Waals surface area contributed by atoms with Crippen molar-refractivity contribution < 1.29 is 9.53 Å². The van der Waals surface area contributed by atoms with Crippen molar-refractivity contribution in [2.75, 3.05) is 20.2 Å². The largest absolute Gasteiger partial charge is 0.468 e. The lowest BCUT2D eigenvalue weighted by molar-refractivity contribution is -0.144. The Labute approximate surface area is 98.1 Å². The highest BCUT2D eigenvalue weighted by atomic mass is 16.5. The van der Waals surface area contributed by atoms with E-state index in [9.17, 15) is 4.79 Å². The van der Waals surface area contributed by atoms with Crippen LogP contribution in [0.25, 0.3) is 0 Å². The molecule has 1 heterocycles. The van der Waals surface area contributed by atoms with Crippen molar-refractivity contribution in [2.45, 2.75) is 45.2 Å². The molecule has 0 bridgehead atoms. The number of hydrogen-bond acceptors (Lipinski definition) is 4. The number of nitrogens with one attached hydrogen (secondary N) is 2. The number of ether oxygens (including phenoxy) is 1. The van der Waals surface area contributed by atoms with E-state index in [0.29, 0.717) is 6.04 Å². The van der Waals surface area contributed by atoms with Gasteiger partial charge in [-0.1, -0.05) is 20.3 Å². The molecule has 94 valence electrons. The Kier molecular flexibility index (Phi) is 5.77. The van der Waals surface area contributed by atoms with Crippen LogP contribution in [0.1, 0.15) is 33.1 Å². The van der Waals surface area contributed by atoms with Crippen molar-refractivity contribution >= 4 is 5.97 Å². The summed E-state index contributed by atoms with van der Waals surface area (Å²) in [4.78, 5) is 11.5. The molecule has 0 amide bonds. The summed E-state index contributed by atoms with van der Waals surface area (Å²) >= 11 is 0. The topological polar surface area (TPSA) is 50.4 Å². The number of hydrogen-bond donors (Lipinski definition) is 2. The molecule has 1 rings (SSSR count). The first kappa shape index (κ1) is 13.5. The monoisotopic (exact) mass is 228 g/mol. The van der Waals surface area contributed by atoms with Crippen molar-refractivity contribution in [2.24, 2.45) is 5.92 Å². The normalized spacial score (nSPS) is 23.1. The summed E-state index contributed by atoms with van der Waals surface area (Å²) in [5.74, 6) is 0.0989. The second-order valence-corrected chi connectivity index (χ2v) is 4.80. The lowest BCUT2D eigenvalue weighted by Crippen LogP contribution is -2.49. The van der Waals surface area contributed by atoms with Gasteiger partial charge in [-0.25, -0.2) is 0 Å². The van der Waals surface area contributed by atoms with E-state index in [-0.39, 0.29) is 17.9 Å². The Bertz CT molecular complexity index is 213. The fourth-order valence-corrected chi connectivity index (χ4v) is 2.09. The van der Waals surface area contributed by atoms with Crippen LogP contribution in [0, 0.1) is 5.92 Å². The Morgan fingerprint density at radius 3 is 2.75 bits per heavy atom. The molecule has 0 aromatic heterocycles. The molecule has 4 heteroatoms. The highest BCUT2D eigenvalue weighted by Gasteiger charge is 2.23. The van der Waals surface area contributed by atoms with E-state index in [1.165, 1.54) is 26.4 Å². The quantitative estimate of drug-likeness (QED) is 0.687. The van der Waals surface area contributed by atoms with Crippen LogP contribution in [-0.4, -0.2) is 38.3 Å². The molecule has 0 spiro atoms. The predicted molar refractivity (Wildman–Crippen MR) is 64.3 cm³/mol. The van der Waals surface area contributed by atoms with Gasteiger partial charge in [0.15, 0.2) is 0 Å². The van der Waals surface area contributed by atoms with Crippen molar-refractivity contribution in [3.63, 3.8) is 0 Å². The molecular weight excluding hydrogens is 204 g/mol. The van der Waals surface area contributed by atoms with E-state index in [4.69, 9.17) is 4.74 Å². The molecule has 0 radical (unpaired) electrons. The second kappa shape index (κ2) is 6.86. The number of rotatable bonds is 5. The molecule has 1 fully saturated rings. The van der Waals surface area contributed by atoms with Crippen molar-refractivity contribution in [1.82, 2.24) is 10.6 Å². The minimum Gasteiger partial charge on any atom is -0.468 e. The van der Waals surface area contributed by atoms with E-state index in [2.05, 4.69) is 10.6 Å². The highest BCUT2D eigenvalue weighted by molar-refractivity contribution is 5.75. The van der Waals surface area contributed by atoms with Crippen molar-refractivity contribution in [3.05, 3.63) is 0 Å². The summed E-state index contributed by atoms with van der Waals surface area (Å²) in [6.45, 7) is 6.00. The summed E-state index contributed by atoms with van der Waals surface area (Å²) in [7, 11) is 1.44. The van der Waals surface area contributed by atoms with Gasteiger partial charge < -0.3 is 15.4 Å². The third kappa shape index (κ3) is 4.10. The first-order chi connectivity index (χ1) is 7.65. The number of piperidine rings is 1. The van der Waals surface area contributed by atoms with Crippen LogP contribution in [-0.2, 0) is 9.53 Å². The maximum absolute atomic E-state index is 11.5. The summed E-state index contributed by atoms with van der Waals surface area (Å²) in [6, 6.07) is 0.313. The molecule has 2 N–H and O–H groups in total. The van der Waals surface area contributed by atoms with Gasteiger partial charge in [-0.2, -0.15) is 0 Å². The molecule has 0 aliphatic carbocycles. The maximum Gasteiger partial charge on any atom is 0.323 e. The number of esters is 1. The lowest BCUT2D eigenvalue weighted by Gasteiger charge is -2.27. The fourth-order valence-electron chi connectivity index (χ4n) is 2.09. The smallest absolute Gasteiger partial charge is 0.323 e. The third-order valence-corrected chi connectivity index (χ3v) is 3.12. The number of carbonyl (C=O) groups is 1. The third-order valence-electron chi connectivity index (χ3n) is 3.12. The molecule has 1 aliphatic heterocycles. The van der Waals surface area contributed by atoms with Gasteiger partial charge in [0, 0.05) is 12.6 Å². The van der Waals surface area contributed by atoms with Crippen molar-refractivity contribution in [3.8, 4) is 0 Å². The predicted octanol–water partition coefficient (Wildman–Crippen LogP) is 0.916. The van der Waals surface area contributed by atoms with E-state index in [0.717, 1.165) is 13.1 Å². The van der Waals surface area contributed by atoms with Crippen LogP contribution >= 0.6 is 0 Å². The molecule has 2 atom stereocenters. The van der Waals surface area contributed by atoms with Crippen LogP contribution in [0.2, 0.25) is 0 Å². The summed E-state index contributed by atoms with van der Waals surface area (Å²) in [6.07, 6.45) is 3.74. The Morgan fingerprint density at radius 1 is 1.50 bits per heavy atom. The molecule has 4 nitrogen and oxygen atoms in total. The van der Waals surface area contributed by atoms with Crippen LogP contribution in [0.15, 0.2) is 0 Å². The SMILES string of the molecule is COC(=O)C(NCC1CCCCN1)C(C)C. The van der Waals surface area contributed by atoms with E-state index < -0.39 is 0 Å². The average molecular weight is 228 g/mol. The van der Waals surface area contributed by atoms with Crippen LogP contribution < -0.4 is 10.6 Å². The van der Waals surface area contributed by atoms with Gasteiger partial charge in [-0.15, -0.1) is 0 Å². The highest BCUT2D eigenvalue weighted by Crippen LogP contribution is 2.08. The first-order valence-corrected chi connectivity index (χ1v) is 6.19. The standard InChI is InChI=1S/C12H24N2O2/c1-9(2)11(12(15)16-3)14-8-10-6-4-5-7-13-10/h9-11,13-14H,4-8H2,1-3H3. The molecule has 1 saturated heterocycles. The van der Waals surface area contributed by atoms with Crippen LogP contribution in [0.5, 0.6) is 0 Å². The maximum atomic E-state index is 11.5. The molecule has 2 unspecified atom stereocenters. The molecule has 16 heavy (non-hydrogen) atoms. The minimum atomic E-state index is -0.186. The van der Waals surface area contributed by atoms with Gasteiger partial charge in [0.25, 0.3) is 0 Å². The van der Waals surface area contributed by atoms with E-state index >= 15 is 0 Å². The Balaban J connectivity index is 2.34. The van der Waals surface area contributed by atoms with Crippen LogP contribution in [0.3, 0.4) is 0 Å². The average Bonchev–Trinajstić information content (AvgIpc) is 2.30. The Morgan fingerprint density at radius 2 is 2.25 bits per heavy atom. The van der Waals surface area contributed by atoms with Gasteiger partial charge >= 0.3 is 5.97 Å². The summed E-state index contributed by atoms with van der Waals surface area (Å²) in [5, 5.41) is 6.76. The summed E-state index contributed by atoms with van der Waals surface area (Å²) < 4.78 is 4.79. The lowest BCUT2D eigenvalue weighted by atomic mass is 10.0.